The fourth-order valence-corrected chi connectivity index (χ4v) is 4.93. The third kappa shape index (κ3) is 2.47. The van der Waals surface area contributed by atoms with Crippen molar-refractivity contribution in [3.63, 3.8) is 0 Å². The average Bonchev–Trinajstić information content (AvgIpc) is 3.15. The first-order valence-electron chi connectivity index (χ1n) is 7.63. The van der Waals surface area contributed by atoms with E-state index in [0.717, 1.165) is 37.6 Å². The third-order valence-electron chi connectivity index (χ3n) is 3.78. The van der Waals surface area contributed by atoms with Crippen LogP contribution in [-0.2, 0) is 0 Å². The van der Waals surface area contributed by atoms with Gasteiger partial charge in [0.15, 0.2) is 29.1 Å². The van der Waals surface area contributed by atoms with Crippen LogP contribution in [0, 0.1) is 0 Å². The largest absolute Gasteiger partial charge is 0.485 e. The number of rotatable bonds is 3. The maximum absolute atomic E-state index is 9.40. The minimum absolute atomic E-state index is 0.0616. The molecule has 7 heteroatoms. The number of hydrogen-bond donors (Lipinski definition) is 1. The van der Waals surface area contributed by atoms with Gasteiger partial charge in [0.1, 0.15) is 19.8 Å². The Hall–Kier alpha value is -1.44. The van der Waals surface area contributed by atoms with Crippen LogP contribution in [0.1, 0.15) is 24.6 Å². The number of aliphatic hydroxyl groups is 1. The van der Waals surface area contributed by atoms with Crippen LogP contribution in [0.3, 0.4) is 0 Å². The Morgan fingerprint density at radius 2 is 1.96 bits per heavy atom. The molecule has 0 spiro atoms. The van der Waals surface area contributed by atoms with Crippen LogP contribution in [0.2, 0.25) is 0 Å². The molecule has 2 aliphatic heterocycles. The molecule has 124 valence electrons. The van der Waals surface area contributed by atoms with Crippen molar-refractivity contribution < 1.29 is 24.1 Å². The second-order valence-electron chi connectivity index (χ2n) is 5.80. The normalized spacial score (nSPS) is 19.2. The van der Waals surface area contributed by atoms with E-state index < -0.39 is 0 Å². The molecule has 0 aromatic carbocycles. The van der Waals surface area contributed by atoms with Crippen molar-refractivity contribution in [2.24, 2.45) is 0 Å². The molecule has 1 unspecified atom stereocenters. The predicted molar refractivity (Wildman–Crippen MR) is 89.7 cm³/mol. The van der Waals surface area contributed by atoms with Gasteiger partial charge < -0.3 is 24.1 Å². The summed E-state index contributed by atoms with van der Waals surface area (Å²) in [6, 6.07) is 0. The molecule has 0 bridgehead atoms. The molecule has 2 aromatic rings. The smallest absolute Gasteiger partial charge is 0.181 e. The first-order chi connectivity index (χ1) is 11.2. The molecule has 0 amide bonds. The number of ether oxygens (including phenoxy) is 4. The Labute approximate surface area is 142 Å². The molecule has 4 rings (SSSR count). The zero-order valence-electron chi connectivity index (χ0n) is 13.0. The molecule has 0 radical (unpaired) electrons. The van der Waals surface area contributed by atoms with E-state index in [0.29, 0.717) is 25.7 Å². The Kier molecular flexibility index (Phi) is 3.87. The summed E-state index contributed by atoms with van der Waals surface area (Å²) in [5.74, 6) is 3.45. The van der Waals surface area contributed by atoms with Gasteiger partial charge in [-0.05, 0) is 5.92 Å². The minimum atomic E-state index is -0.330. The first-order valence-corrected chi connectivity index (χ1v) is 9.33. The van der Waals surface area contributed by atoms with Gasteiger partial charge >= 0.3 is 0 Å². The molecular formula is C16H18O5S2. The number of aliphatic hydroxyl groups excluding tert-OH is 1. The first kappa shape index (κ1) is 15.1. The summed E-state index contributed by atoms with van der Waals surface area (Å²) in [6.07, 6.45) is -0.330. The molecule has 1 N–H and O–H groups in total. The molecule has 0 fully saturated rings. The predicted octanol–water partition coefficient (Wildman–Crippen LogP) is 3.50. The second-order valence-corrected chi connectivity index (χ2v) is 7.73. The quantitative estimate of drug-likeness (QED) is 0.914. The standard InChI is InChI=1S/C16H18O5S2/c1-8(2)14-12-13(21-9(5-17)6-20-12)16(23-14)15-11-10(7-22-15)18-3-4-19-11/h7-9,17H,3-6H2,1-2H3. The molecular weight excluding hydrogens is 336 g/mol. The molecule has 1 atom stereocenters. The lowest BCUT2D eigenvalue weighted by atomic mass is 10.1. The molecule has 2 aliphatic rings. The fourth-order valence-electron chi connectivity index (χ4n) is 2.68. The SMILES string of the molecule is CC(C)c1sc(-c2scc3c2OCCO3)c2c1OCC(CO)O2. The van der Waals surface area contributed by atoms with Crippen molar-refractivity contribution in [2.75, 3.05) is 26.4 Å². The van der Waals surface area contributed by atoms with E-state index in [1.54, 1.807) is 22.7 Å². The minimum Gasteiger partial charge on any atom is -0.485 e. The van der Waals surface area contributed by atoms with Gasteiger partial charge in [0.05, 0.1) is 21.2 Å². The Morgan fingerprint density at radius 1 is 1.13 bits per heavy atom. The zero-order chi connectivity index (χ0) is 16.0. The highest BCUT2D eigenvalue weighted by molar-refractivity contribution is 7.22. The Morgan fingerprint density at radius 3 is 2.74 bits per heavy atom. The topological polar surface area (TPSA) is 57.2 Å². The Bertz CT molecular complexity index is 718. The lowest BCUT2D eigenvalue weighted by Gasteiger charge is -2.25. The van der Waals surface area contributed by atoms with Crippen molar-refractivity contribution >= 4 is 22.7 Å². The van der Waals surface area contributed by atoms with E-state index in [1.165, 1.54) is 0 Å². The van der Waals surface area contributed by atoms with E-state index in [9.17, 15) is 5.11 Å². The highest BCUT2D eigenvalue weighted by Crippen LogP contribution is 2.57. The molecule has 5 nitrogen and oxygen atoms in total. The summed E-state index contributed by atoms with van der Waals surface area (Å²) in [5.41, 5.74) is 0. The van der Waals surface area contributed by atoms with Crippen LogP contribution in [-0.4, -0.2) is 37.6 Å². The summed E-state index contributed by atoms with van der Waals surface area (Å²) in [7, 11) is 0. The molecule has 0 saturated carbocycles. The van der Waals surface area contributed by atoms with E-state index in [4.69, 9.17) is 18.9 Å². The van der Waals surface area contributed by atoms with E-state index in [1.807, 2.05) is 5.38 Å². The molecule has 0 saturated heterocycles. The molecule has 2 aromatic heterocycles. The van der Waals surface area contributed by atoms with Gasteiger partial charge in [0, 0.05) is 5.38 Å². The zero-order valence-corrected chi connectivity index (χ0v) is 14.6. The Balaban J connectivity index is 1.84. The van der Waals surface area contributed by atoms with E-state index in [-0.39, 0.29) is 12.7 Å². The highest BCUT2D eigenvalue weighted by atomic mass is 32.1. The maximum Gasteiger partial charge on any atom is 0.181 e. The van der Waals surface area contributed by atoms with E-state index >= 15 is 0 Å². The van der Waals surface area contributed by atoms with Crippen molar-refractivity contribution in [2.45, 2.75) is 25.9 Å². The lowest BCUT2D eigenvalue weighted by molar-refractivity contribution is 0.0464. The van der Waals surface area contributed by atoms with Crippen LogP contribution >= 0.6 is 22.7 Å². The summed E-state index contributed by atoms with van der Waals surface area (Å²) < 4.78 is 23.4. The van der Waals surface area contributed by atoms with Gasteiger partial charge in [-0.3, -0.25) is 0 Å². The van der Waals surface area contributed by atoms with Crippen molar-refractivity contribution in [1.82, 2.24) is 0 Å². The van der Waals surface area contributed by atoms with Crippen molar-refractivity contribution in [3.8, 4) is 32.8 Å². The molecule has 4 heterocycles. The average molecular weight is 354 g/mol. The van der Waals surface area contributed by atoms with Gasteiger partial charge in [-0.1, -0.05) is 13.8 Å². The monoisotopic (exact) mass is 354 g/mol. The van der Waals surface area contributed by atoms with Gasteiger partial charge in [0.2, 0.25) is 0 Å². The number of hydrogen-bond acceptors (Lipinski definition) is 7. The van der Waals surface area contributed by atoms with Gasteiger partial charge in [0.25, 0.3) is 0 Å². The van der Waals surface area contributed by atoms with Crippen LogP contribution in [0.15, 0.2) is 5.38 Å². The lowest BCUT2D eigenvalue weighted by Crippen LogP contribution is -2.32. The van der Waals surface area contributed by atoms with Crippen molar-refractivity contribution in [1.29, 1.82) is 0 Å². The summed E-state index contributed by atoms with van der Waals surface area (Å²) in [5, 5.41) is 11.4. The van der Waals surface area contributed by atoms with Gasteiger partial charge in [-0.2, -0.15) is 0 Å². The second kappa shape index (κ2) is 5.89. The number of thiophene rings is 2. The third-order valence-corrected chi connectivity index (χ3v) is 6.34. The van der Waals surface area contributed by atoms with Gasteiger partial charge in [-0.15, -0.1) is 22.7 Å². The summed E-state index contributed by atoms with van der Waals surface area (Å²) >= 11 is 3.26. The molecule has 23 heavy (non-hydrogen) atoms. The molecule has 0 aliphatic carbocycles. The summed E-state index contributed by atoms with van der Waals surface area (Å²) in [6.45, 7) is 5.73. The van der Waals surface area contributed by atoms with Crippen LogP contribution in [0.4, 0.5) is 0 Å². The van der Waals surface area contributed by atoms with Crippen LogP contribution in [0.5, 0.6) is 23.0 Å². The highest BCUT2D eigenvalue weighted by Gasteiger charge is 2.33. The van der Waals surface area contributed by atoms with Crippen LogP contribution in [0.25, 0.3) is 9.75 Å². The van der Waals surface area contributed by atoms with E-state index in [2.05, 4.69) is 13.8 Å². The van der Waals surface area contributed by atoms with Gasteiger partial charge in [-0.25, -0.2) is 0 Å². The van der Waals surface area contributed by atoms with Crippen molar-refractivity contribution in [3.05, 3.63) is 10.3 Å². The number of fused-ring (bicyclic) bond motifs is 2. The maximum atomic E-state index is 9.40. The summed E-state index contributed by atoms with van der Waals surface area (Å²) in [4.78, 5) is 3.17. The van der Waals surface area contributed by atoms with Crippen LogP contribution < -0.4 is 18.9 Å². The fraction of sp³-hybridized carbons (Fsp3) is 0.500.